The van der Waals surface area contributed by atoms with E-state index in [4.69, 9.17) is 11.6 Å². The quantitative estimate of drug-likeness (QED) is 0.835. The van der Waals surface area contributed by atoms with Gasteiger partial charge in [-0.25, -0.2) is 4.98 Å². The van der Waals surface area contributed by atoms with Crippen LogP contribution in [0, 0.1) is 25.2 Å². The van der Waals surface area contributed by atoms with E-state index in [1.807, 2.05) is 6.07 Å². The van der Waals surface area contributed by atoms with Crippen molar-refractivity contribution in [1.82, 2.24) is 4.98 Å². The summed E-state index contributed by atoms with van der Waals surface area (Å²) < 4.78 is 38.7. The number of carbonyl (C=O) groups excluding carboxylic acids is 1. The lowest BCUT2D eigenvalue weighted by atomic mass is 10.1. The summed E-state index contributed by atoms with van der Waals surface area (Å²) in [6.45, 7) is 3.32. The average Bonchev–Trinajstić information content (AvgIpc) is 2.54. The largest absolute Gasteiger partial charge is 0.417 e. The summed E-state index contributed by atoms with van der Waals surface area (Å²) in [6, 6.07) is 6.93. The van der Waals surface area contributed by atoms with Crippen molar-refractivity contribution in [3.8, 4) is 6.07 Å². The highest BCUT2D eigenvalue weighted by Crippen LogP contribution is 2.36. The van der Waals surface area contributed by atoms with Crippen molar-refractivity contribution in [1.29, 1.82) is 5.26 Å². The van der Waals surface area contributed by atoms with Crippen molar-refractivity contribution in [3.63, 3.8) is 0 Å². The number of amides is 1. The lowest BCUT2D eigenvalue weighted by Gasteiger charge is -2.20. The van der Waals surface area contributed by atoms with Crippen LogP contribution in [0.25, 0.3) is 0 Å². The number of hydrogen-bond acceptors (Lipinski definition) is 4. The van der Waals surface area contributed by atoms with Gasteiger partial charge in [0.15, 0.2) is 0 Å². The number of pyridine rings is 1. The Hall–Kier alpha value is -2.79. The van der Waals surface area contributed by atoms with Crippen molar-refractivity contribution < 1.29 is 18.0 Å². The molecule has 0 unspecified atom stereocenters. The Labute approximate surface area is 159 Å². The Morgan fingerprint density at radius 3 is 2.59 bits per heavy atom. The van der Waals surface area contributed by atoms with Crippen LogP contribution in [0.15, 0.2) is 24.3 Å². The maximum absolute atomic E-state index is 12.9. The van der Waals surface area contributed by atoms with Crippen LogP contribution in [0.4, 0.5) is 24.7 Å². The maximum atomic E-state index is 12.9. The van der Waals surface area contributed by atoms with Crippen molar-refractivity contribution in [2.45, 2.75) is 20.0 Å². The zero-order chi connectivity index (χ0) is 20.4. The number of nitriles is 1. The third-order valence-electron chi connectivity index (χ3n) is 3.74. The Morgan fingerprint density at radius 2 is 2.00 bits per heavy atom. The second kappa shape index (κ2) is 7.84. The summed E-state index contributed by atoms with van der Waals surface area (Å²) >= 11 is 5.56. The van der Waals surface area contributed by atoms with E-state index in [-0.39, 0.29) is 12.2 Å². The highest BCUT2D eigenvalue weighted by atomic mass is 35.5. The van der Waals surface area contributed by atoms with Gasteiger partial charge in [0.05, 0.1) is 22.7 Å². The molecular weight excluding hydrogens is 381 g/mol. The second-order valence-corrected chi connectivity index (χ2v) is 6.39. The van der Waals surface area contributed by atoms with Gasteiger partial charge in [0.2, 0.25) is 5.91 Å². The van der Waals surface area contributed by atoms with E-state index >= 15 is 0 Å². The maximum Gasteiger partial charge on any atom is 0.417 e. The van der Waals surface area contributed by atoms with Gasteiger partial charge in [0.25, 0.3) is 0 Å². The van der Waals surface area contributed by atoms with Crippen LogP contribution >= 0.6 is 11.6 Å². The summed E-state index contributed by atoms with van der Waals surface area (Å²) in [6.07, 6.45) is -4.63. The normalized spacial score (nSPS) is 11.0. The Kier molecular flexibility index (Phi) is 5.96. The first-order valence-corrected chi connectivity index (χ1v) is 8.16. The van der Waals surface area contributed by atoms with Gasteiger partial charge in [-0.1, -0.05) is 11.6 Å². The third-order valence-corrected chi connectivity index (χ3v) is 4.06. The third kappa shape index (κ3) is 4.89. The van der Waals surface area contributed by atoms with E-state index < -0.39 is 22.7 Å². The number of carbonyl (C=O) groups is 1. The average molecular weight is 397 g/mol. The molecule has 27 heavy (non-hydrogen) atoms. The number of benzene rings is 1. The fourth-order valence-electron chi connectivity index (χ4n) is 2.54. The van der Waals surface area contributed by atoms with Crippen LogP contribution in [0.2, 0.25) is 5.02 Å². The zero-order valence-electron chi connectivity index (χ0n) is 14.8. The molecule has 0 spiro atoms. The van der Waals surface area contributed by atoms with E-state index in [1.165, 1.54) is 11.0 Å². The number of anilines is 2. The van der Waals surface area contributed by atoms with Gasteiger partial charge in [-0.2, -0.15) is 18.4 Å². The Balaban J connectivity index is 2.19. The predicted molar refractivity (Wildman–Crippen MR) is 96.8 cm³/mol. The summed E-state index contributed by atoms with van der Waals surface area (Å²) in [5.74, 6) is -0.227. The minimum absolute atomic E-state index is 0.0287. The predicted octanol–water partition coefficient (Wildman–Crippen LogP) is 4.32. The van der Waals surface area contributed by atoms with Gasteiger partial charge in [0.1, 0.15) is 11.9 Å². The van der Waals surface area contributed by atoms with E-state index in [0.29, 0.717) is 17.1 Å². The van der Waals surface area contributed by atoms with E-state index in [2.05, 4.69) is 10.3 Å². The second-order valence-electron chi connectivity index (χ2n) is 5.99. The van der Waals surface area contributed by atoms with E-state index in [9.17, 15) is 23.2 Å². The number of aromatic nitrogens is 1. The molecule has 9 heteroatoms. The number of rotatable bonds is 4. The molecule has 1 amide bonds. The summed E-state index contributed by atoms with van der Waals surface area (Å²) in [7, 11) is 1.57. The monoisotopic (exact) mass is 396 g/mol. The molecule has 0 bridgehead atoms. The first-order chi connectivity index (χ1) is 12.5. The van der Waals surface area contributed by atoms with Crippen molar-refractivity contribution in [3.05, 3.63) is 51.7 Å². The molecule has 0 aliphatic carbocycles. The molecule has 1 N–H and O–H groups in total. The molecule has 1 aromatic carbocycles. The van der Waals surface area contributed by atoms with Gasteiger partial charge in [-0.15, -0.1) is 0 Å². The van der Waals surface area contributed by atoms with Gasteiger partial charge in [-0.05, 0) is 43.7 Å². The standard InChI is InChI=1S/C18H16ClF3N4O/c1-10-6-11(2)24-17(13(10)8-23)26(3)9-16(27)25-12-4-5-15(19)14(7-12)18(20,21)22/h4-7H,9H2,1-3H3,(H,25,27). The number of likely N-dealkylation sites (N-methyl/N-ethyl adjacent to an activating group) is 1. The first-order valence-electron chi connectivity index (χ1n) is 7.79. The van der Waals surface area contributed by atoms with Gasteiger partial charge >= 0.3 is 6.18 Å². The molecule has 0 saturated carbocycles. The number of nitrogens with zero attached hydrogens (tertiary/aromatic N) is 3. The number of nitrogens with one attached hydrogen (secondary N) is 1. The molecule has 0 fully saturated rings. The minimum atomic E-state index is -4.63. The van der Waals surface area contributed by atoms with Crippen LogP contribution in [-0.2, 0) is 11.0 Å². The minimum Gasteiger partial charge on any atom is -0.349 e. The van der Waals surface area contributed by atoms with Crippen molar-refractivity contribution in [2.75, 3.05) is 23.8 Å². The summed E-state index contributed by atoms with van der Waals surface area (Å²) in [5.41, 5.74) is 0.680. The molecule has 142 valence electrons. The number of alkyl halides is 3. The highest BCUT2D eigenvalue weighted by molar-refractivity contribution is 6.31. The van der Waals surface area contributed by atoms with Crippen LogP contribution in [0.1, 0.15) is 22.4 Å². The molecule has 0 aliphatic rings. The molecule has 2 aromatic rings. The van der Waals surface area contributed by atoms with E-state index in [0.717, 1.165) is 17.7 Å². The van der Waals surface area contributed by atoms with Crippen LogP contribution in [-0.4, -0.2) is 24.5 Å². The smallest absolute Gasteiger partial charge is 0.349 e. The van der Waals surface area contributed by atoms with Gasteiger partial charge in [-0.3, -0.25) is 4.79 Å². The van der Waals surface area contributed by atoms with Crippen LogP contribution in [0.3, 0.4) is 0 Å². The first kappa shape index (κ1) is 20.5. The Bertz CT molecular complexity index is 922. The SMILES string of the molecule is Cc1cc(C)c(C#N)c(N(C)CC(=O)Nc2ccc(Cl)c(C(F)(F)F)c2)n1. The molecule has 2 rings (SSSR count). The highest BCUT2D eigenvalue weighted by Gasteiger charge is 2.33. The molecule has 0 saturated heterocycles. The molecule has 5 nitrogen and oxygen atoms in total. The number of aryl methyl sites for hydroxylation is 2. The van der Waals surface area contributed by atoms with Crippen LogP contribution in [0.5, 0.6) is 0 Å². The van der Waals surface area contributed by atoms with Crippen molar-refractivity contribution in [2.24, 2.45) is 0 Å². The molecule has 1 heterocycles. The molecular formula is C18H16ClF3N4O. The lowest BCUT2D eigenvalue weighted by Crippen LogP contribution is -2.31. The molecule has 1 aromatic heterocycles. The summed E-state index contributed by atoms with van der Waals surface area (Å²) in [4.78, 5) is 18.0. The zero-order valence-corrected chi connectivity index (χ0v) is 15.5. The van der Waals surface area contributed by atoms with E-state index in [1.54, 1.807) is 27.0 Å². The number of halogens is 4. The molecule has 0 aliphatic heterocycles. The molecule has 0 atom stereocenters. The Morgan fingerprint density at radius 1 is 1.33 bits per heavy atom. The fourth-order valence-corrected chi connectivity index (χ4v) is 2.77. The number of hydrogen-bond donors (Lipinski definition) is 1. The van der Waals surface area contributed by atoms with Crippen LogP contribution < -0.4 is 10.2 Å². The summed E-state index contributed by atoms with van der Waals surface area (Å²) in [5, 5.41) is 11.3. The lowest BCUT2D eigenvalue weighted by molar-refractivity contribution is -0.137. The fraction of sp³-hybridized carbons (Fsp3) is 0.278. The van der Waals surface area contributed by atoms with Gasteiger partial charge in [0, 0.05) is 18.4 Å². The van der Waals surface area contributed by atoms with Crippen molar-refractivity contribution >= 4 is 29.0 Å². The van der Waals surface area contributed by atoms with Gasteiger partial charge < -0.3 is 10.2 Å². The molecule has 0 radical (unpaired) electrons. The topological polar surface area (TPSA) is 69.0 Å².